The van der Waals surface area contributed by atoms with Gasteiger partial charge in [0.15, 0.2) is 0 Å². The van der Waals surface area contributed by atoms with Crippen LogP contribution in [0.25, 0.3) is 0 Å². The van der Waals surface area contributed by atoms with E-state index in [-0.39, 0.29) is 6.09 Å². The summed E-state index contributed by atoms with van der Waals surface area (Å²) >= 11 is 0. The largest absolute Gasteiger partial charge is 0.450 e. The highest BCUT2D eigenvalue weighted by molar-refractivity contribution is 5.67. The number of carbonyl (C=O) groups excluding carboxylic acids is 1. The number of piperidine rings is 1. The molecule has 0 spiro atoms. The molecule has 2 aliphatic rings. The minimum absolute atomic E-state index is 0.142. The lowest BCUT2D eigenvalue weighted by Gasteiger charge is -2.31. The molecule has 4 heteroatoms. The zero-order valence-electron chi connectivity index (χ0n) is 10.1. The first-order valence-electron chi connectivity index (χ1n) is 6.44. The van der Waals surface area contributed by atoms with Gasteiger partial charge in [0.25, 0.3) is 0 Å². The first-order valence-corrected chi connectivity index (χ1v) is 6.44. The van der Waals surface area contributed by atoms with Gasteiger partial charge in [0.1, 0.15) is 0 Å². The van der Waals surface area contributed by atoms with E-state index in [0.29, 0.717) is 6.61 Å². The summed E-state index contributed by atoms with van der Waals surface area (Å²) in [4.78, 5) is 13.3. The fraction of sp³-hybridized carbons (Fsp3) is 0.917. The van der Waals surface area contributed by atoms with Crippen molar-refractivity contribution in [2.24, 2.45) is 5.92 Å². The van der Waals surface area contributed by atoms with E-state index in [0.717, 1.165) is 44.4 Å². The van der Waals surface area contributed by atoms with Crippen LogP contribution < -0.4 is 5.32 Å². The van der Waals surface area contributed by atoms with Crippen LogP contribution in [0.3, 0.4) is 0 Å². The lowest BCUT2D eigenvalue weighted by molar-refractivity contribution is 0.0916. The molecule has 2 rings (SSSR count). The lowest BCUT2D eigenvalue weighted by atomic mass is 9.97. The number of ether oxygens (including phenoxy) is 1. The van der Waals surface area contributed by atoms with E-state index in [4.69, 9.17) is 4.74 Å². The highest BCUT2D eigenvalue weighted by Gasteiger charge is 2.26. The van der Waals surface area contributed by atoms with Gasteiger partial charge in [-0.25, -0.2) is 4.79 Å². The third-order valence-corrected chi connectivity index (χ3v) is 3.41. The molecule has 0 radical (unpaired) electrons. The van der Waals surface area contributed by atoms with Crippen molar-refractivity contribution >= 4 is 6.09 Å². The molecule has 0 aromatic carbocycles. The van der Waals surface area contributed by atoms with Crippen LogP contribution in [0.4, 0.5) is 4.79 Å². The highest BCUT2D eigenvalue weighted by Crippen LogP contribution is 2.21. The monoisotopic (exact) mass is 226 g/mol. The topological polar surface area (TPSA) is 41.6 Å². The zero-order chi connectivity index (χ0) is 11.4. The third kappa shape index (κ3) is 3.37. The number of hydrogen-bond donors (Lipinski definition) is 1. The van der Waals surface area contributed by atoms with Crippen molar-refractivity contribution in [2.75, 3.05) is 26.2 Å². The summed E-state index contributed by atoms with van der Waals surface area (Å²) < 4.78 is 5.00. The predicted molar refractivity (Wildman–Crippen MR) is 62.3 cm³/mol. The molecule has 4 nitrogen and oxygen atoms in total. The molecule has 2 fully saturated rings. The van der Waals surface area contributed by atoms with Crippen LogP contribution in [0, 0.1) is 5.92 Å². The molecule has 1 amide bonds. The molecular weight excluding hydrogens is 204 g/mol. The fourth-order valence-electron chi connectivity index (χ4n) is 2.16. The third-order valence-electron chi connectivity index (χ3n) is 3.41. The normalized spacial score (nSPS) is 22.2. The summed E-state index contributed by atoms with van der Waals surface area (Å²) in [5.74, 6) is 0.742. The van der Waals surface area contributed by atoms with Crippen molar-refractivity contribution in [3.05, 3.63) is 0 Å². The molecule has 0 atom stereocenters. The van der Waals surface area contributed by atoms with Gasteiger partial charge in [0.2, 0.25) is 0 Å². The van der Waals surface area contributed by atoms with Crippen molar-refractivity contribution in [1.82, 2.24) is 10.2 Å². The summed E-state index contributed by atoms with van der Waals surface area (Å²) in [6.45, 7) is 5.17. The minimum Gasteiger partial charge on any atom is -0.450 e. The zero-order valence-corrected chi connectivity index (χ0v) is 10.1. The minimum atomic E-state index is -0.142. The average Bonchev–Trinajstić information content (AvgIpc) is 3.11. The number of rotatable bonds is 4. The first-order chi connectivity index (χ1) is 7.79. The maximum atomic E-state index is 11.5. The Hall–Kier alpha value is -0.770. The van der Waals surface area contributed by atoms with Crippen LogP contribution in [0.15, 0.2) is 0 Å². The van der Waals surface area contributed by atoms with E-state index >= 15 is 0 Å². The first kappa shape index (κ1) is 11.7. The van der Waals surface area contributed by atoms with E-state index in [9.17, 15) is 4.79 Å². The summed E-state index contributed by atoms with van der Waals surface area (Å²) in [7, 11) is 0. The Bertz CT molecular complexity index is 233. The quantitative estimate of drug-likeness (QED) is 0.791. The molecule has 1 heterocycles. The predicted octanol–water partition coefficient (Wildman–Crippen LogP) is 1.61. The Kier molecular flexibility index (Phi) is 4.04. The molecule has 0 unspecified atom stereocenters. The molecule has 1 aliphatic carbocycles. The van der Waals surface area contributed by atoms with E-state index < -0.39 is 0 Å². The van der Waals surface area contributed by atoms with Crippen LogP contribution in [-0.2, 0) is 4.74 Å². The average molecular weight is 226 g/mol. The Morgan fingerprint density at radius 2 is 2.00 bits per heavy atom. The number of amides is 1. The molecule has 16 heavy (non-hydrogen) atoms. The van der Waals surface area contributed by atoms with Gasteiger partial charge in [-0.1, -0.05) is 0 Å². The van der Waals surface area contributed by atoms with Crippen LogP contribution in [0.5, 0.6) is 0 Å². The van der Waals surface area contributed by atoms with E-state index in [1.807, 2.05) is 11.8 Å². The molecule has 0 bridgehead atoms. The number of nitrogens with zero attached hydrogens (tertiary/aromatic N) is 1. The highest BCUT2D eigenvalue weighted by atomic mass is 16.6. The van der Waals surface area contributed by atoms with Crippen molar-refractivity contribution in [3.8, 4) is 0 Å². The molecule has 1 N–H and O–H groups in total. The second-order valence-electron chi connectivity index (χ2n) is 4.81. The van der Waals surface area contributed by atoms with E-state index in [1.165, 1.54) is 12.8 Å². The summed E-state index contributed by atoms with van der Waals surface area (Å²) in [5, 5.41) is 3.56. The van der Waals surface area contributed by atoms with Gasteiger partial charge in [0.05, 0.1) is 6.61 Å². The van der Waals surface area contributed by atoms with E-state index in [2.05, 4.69) is 5.32 Å². The summed E-state index contributed by atoms with van der Waals surface area (Å²) in [6, 6.07) is 0.795. The standard InChI is InChI=1S/C12H22N2O2/c1-2-16-12(15)14-7-5-10(6-8-14)9-13-11-3-4-11/h10-11,13H,2-9H2,1H3. The molecular formula is C12H22N2O2. The molecule has 1 saturated heterocycles. The van der Waals surface area contributed by atoms with Gasteiger partial charge in [-0.15, -0.1) is 0 Å². The molecule has 0 aromatic rings. The van der Waals surface area contributed by atoms with Gasteiger partial charge in [-0.05, 0) is 45.1 Å². The second-order valence-corrected chi connectivity index (χ2v) is 4.81. The van der Waals surface area contributed by atoms with Crippen LogP contribution in [-0.4, -0.2) is 43.3 Å². The number of likely N-dealkylation sites (tertiary alicyclic amines) is 1. The maximum Gasteiger partial charge on any atom is 0.409 e. The Labute approximate surface area is 97.3 Å². The molecule has 1 saturated carbocycles. The lowest BCUT2D eigenvalue weighted by Crippen LogP contribution is -2.41. The summed E-state index contributed by atoms with van der Waals surface area (Å²) in [6.07, 6.45) is 4.77. The summed E-state index contributed by atoms with van der Waals surface area (Å²) in [5.41, 5.74) is 0. The van der Waals surface area contributed by atoms with Crippen molar-refractivity contribution in [3.63, 3.8) is 0 Å². The number of carbonyl (C=O) groups is 1. The molecule has 1 aliphatic heterocycles. The van der Waals surface area contributed by atoms with Gasteiger partial charge < -0.3 is 15.0 Å². The SMILES string of the molecule is CCOC(=O)N1CCC(CNC2CC2)CC1. The molecule has 0 aromatic heterocycles. The number of nitrogens with one attached hydrogen (secondary N) is 1. The van der Waals surface area contributed by atoms with Gasteiger partial charge in [0, 0.05) is 19.1 Å². The number of hydrogen-bond acceptors (Lipinski definition) is 3. The maximum absolute atomic E-state index is 11.5. The van der Waals surface area contributed by atoms with Gasteiger partial charge in [-0.2, -0.15) is 0 Å². The van der Waals surface area contributed by atoms with Gasteiger partial charge >= 0.3 is 6.09 Å². The van der Waals surface area contributed by atoms with Crippen LogP contribution >= 0.6 is 0 Å². The van der Waals surface area contributed by atoms with Crippen LogP contribution in [0.1, 0.15) is 32.6 Å². The Morgan fingerprint density at radius 1 is 1.31 bits per heavy atom. The Morgan fingerprint density at radius 3 is 2.56 bits per heavy atom. The van der Waals surface area contributed by atoms with Crippen molar-refractivity contribution in [1.29, 1.82) is 0 Å². The fourth-order valence-corrected chi connectivity index (χ4v) is 2.16. The smallest absolute Gasteiger partial charge is 0.409 e. The Balaban J connectivity index is 1.63. The molecule has 92 valence electrons. The second kappa shape index (κ2) is 5.53. The van der Waals surface area contributed by atoms with Crippen LogP contribution in [0.2, 0.25) is 0 Å². The van der Waals surface area contributed by atoms with E-state index in [1.54, 1.807) is 0 Å². The van der Waals surface area contributed by atoms with Gasteiger partial charge in [-0.3, -0.25) is 0 Å². The van der Waals surface area contributed by atoms with Crippen molar-refractivity contribution < 1.29 is 9.53 Å². The van der Waals surface area contributed by atoms with Crippen molar-refractivity contribution in [2.45, 2.75) is 38.6 Å².